The second-order valence-electron chi connectivity index (χ2n) is 8.77. The summed E-state index contributed by atoms with van der Waals surface area (Å²) in [6.07, 6.45) is 8.35. The standard InChI is InChI=1S/C26H28N6O/c1-33-25-18-19(10-11-27-25)24-9-8-23(26-28-12-13-32(24)26)29-20-2-4-21(5-3-20)30-14-16-31(17-15-30)22-6-7-22/h2-5,8-13,18,22,29H,6-7,14-17H2,1H3. The minimum atomic E-state index is 0.594. The van der Waals surface area contributed by atoms with Crippen molar-refractivity contribution >= 4 is 22.7 Å². The van der Waals surface area contributed by atoms with Crippen LogP contribution in [0.15, 0.2) is 67.1 Å². The van der Waals surface area contributed by atoms with E-state index >= 15 is 0 Å². The molecule has 1 aromatic carbocycles. The van der Waals surface area contributed by atoms with Gasteiger partial charge in [-0.05, 0) is 55.3 Å². The van der Waals surface area contributed by atoms with E-state index < -0.39 is 0 Å². The molecule has 0 radical (unpaired) electrons. The van der Waals surface area contributed by atoms with E-state index in [1.807, 2.05) is 24.5 Å². The Labute approximate surface area is 193 Å². The van der Waals surface area contributed by atoms with Crippen molar-refractivity contribution in [1.82, 2.24) is 19.3 Å². The maximum Gasteiger partial charge on any atom is 0.213 e. The summed E-state index contributed by atoms with van der Waals surface area (Å²) in [7, 11) is 1.63. The molecule has 0 bridgehead atoms. The van der Waals surface area contributed by atoms with Gasteiger partial charge >= 0.3 is 0 Å². The second kappa shape index (κ2) is 8.41. The van der Waals surface area contributed by atoms with Gasteiger partial charge in [-0.3, -0.25) is 9.30 Å². The topological polar surface area (TPSA) is 57.9 Å². The minimum Gasteiger partial charge on any atom is -0.481 e. The highest BCUT2D eigenvalue weighted by Gasteiger charge is 2.31. The van der Waals surface area contributed by atoms with Crippen LogP contribution < -0.4 is 15.0 Å². The first-order valence-electron chi connectivity index (χ1n) is 11.6. The van der Waals surface area contributed by atoms with Crippen molar-refractivity contribution in [1.29, 1.82) is 0 Å². The number of benzene rings is 1. The van der Waals surface area contributed by atoms with E-state index in [9.17, 15) is 0 Å². The zero-order chi connectivity index (χ0) is 22.2. The summed E-state index contributed by atoms with van der Waals surface area (Å²) in [6.45, 7) is 4.58. The van der Waals surface area contributed by atoms with Crippen LogP contribution >= 0.6 is 0 Å². The number of imidazole rings is 1. The van der Waals surface area contributed by atoms with Crippen LogP contribution in [0.5, 0.6) is 5.88 Å². The normalized spacial score (nSPS) is 16.8. The van der Waals surface area contributed by atoms with Gasteiger partial charge in [0.2, 0.25) is 5.88 Å². The Balaban J connectivity index is 1.20. The summed E-state index contributed by atoms with van der Waals surface area (Å²) < 4.78 is 7.38. The molecule has 33 heavy (non-hydrogen) atoms. The summed E-state index contributed by atoms with van der Waals surface area (Å²) in [6, 6.07) is 17.7. The largest absolute Gasteiger partial charge is 0.481 e. The summed E-state index contributed by atoms with van der Waals surface area (Å²) >= 11 is 0. The molecule has 0 atom stereocenters. The van der Waals surface area contributed by atoms with Crippen LogP contribution in [0, 0.1) is 0 Å². The van der Waals surface area contributed by atoms with Crippen LogP contribution in [0.1, 0.15) is 12.8 Å². The molecular formula is C26H28N6O. The number of pyridine rings is 2. The number of nitrogens with zero attached hydrogens (tertiary/aromatic N) is 5. The number of nitrogens with one attached hydrogen (secondary N) is 1. The van der Waals surface area contributed by atoms with Crippen molar-refractivity contribution < 1.29 is 4.74 Å². The lowest BCUT2D eigenvalue weighted by molar-refractivity contribution is 0.248. The molecule has 3 aromatic heterocycles. The van der Waals surface area contributed by atoms with E-state index in [1.165, 1.54) is 31.6 Å². The van der Waals surface area contributed by atoms with Crippen molar-refractivity contribution in [2.75, 3.05) is 43.5 Å². The van der Waals surface area contributed by atoms with Crippen LogP contribution in [-0.2, 0) is 0 Å². The maximum atomic E-state index is 5.29. The number of rotatable bonds is 6. The molecule has 1 saturated carbocycles. The molecule has 7 heteroatoms. The number of methoxy groups -OCH3 is 1. The fourth-order valence-corrected chi connectivity index (χ4v) is 4.72. The molecule has 7 nitrogen and oxygen atoms in total. The third kappa shape index (κ3) is 4.00. The average Bonchev–Trinajstić information content (AvgIpc) is 3.61. The van der Waals surface area contributed by atoms with Gasteiger partial charge in [0.25, 0.3) is 0 Å². The van der Waals surface area contributed by atoms with Crippen molar-refractivity contribution in [2.24, 2.45) is 0 Å². The molecule has 0 amide bonds. The minimum absolute atomic E-state index is 0.594. The number of anilines is 3. The Morgan fingerprint density at radius 2 is 1.73 bits per heavy atom. The molecule has 2 fully saturated rings. The van der Waals surface area contributed by atoms with Crippen LogP contribution in [0.4, 0.5) is 17.1 Å². The van der Waals surface area contributed by atoms with Gasteiger partial charge in [-0.15, -0.1) is 0 Å². The molecule has 1 N–H and O–H groups in total. The Bertz CT molecular complexity index is 1260. The van der Waals surface area contributed by atoms with Crippen LogP contribution in [0.2, 0.25) is 0 Å². The molecular weight excluding hydrogens is 412 g/mol. The van der Waals surface area contributed by atoms with Crippen LogP contribution in [0.25, 0.3) is 16.9 Å². The van der Waals surface area contributed by atoms with E-state index in [-0.39, 0.29) is 0 Å². The van der Waals surface area contributed by atoms with Crippen molar-refractivity contribution in [3.05, 3.63) is 67.1 Å². The predicted octanol–water partition coefficient (Wildman–Crippen LogP) is 4.43. The molecule has 4 aromatic rings. The monoisotopic (exact) mass is 440 g/mol. The number of aromatic nitrogens is 3. The zero-order valence-corrected chi connectivity index (χ0v) is 18.8. The van der Waals surface area contributed by atoms with Crippen LogP contribution in [-0.4, -0.2) is 58.6 Å². The first-order chi connectivity index (χ1) is 16.3. The van der Waals surface area contributed by atoms with Gasteiger partial charge in [0.15, 0.2) is 5.65 Å². The third-order valence-electron chi connectivity index (χ3n) is 6.68. The summed E-state index contributed by atoms with van der Waals surface area (Å²) in [5, 5.41) is 3.55. The van der Waals surface area contributed by atoms with Gasteiger partial charge in [-0.1, -0.05) is 0 Å². The lowest BCUT2D eigenvalue weighted by Crippen LogP contribution is -2.47. The predicted molar refractivity (Wildman–Crippen MR) is 132 cm³/mol. The van der Waals surface area contributed by atoms with Gasteiger partial charge in [0.1, 0.15) is 0 Å². The Morgan fingerprint density at radius 1 is 0.909 bits per heavy atom. The fourth-order valence-electron chi connectivity index (χ4n) is 4.72. The Morgan fingerprint density at radius 3 is 2.48 bits per heavy atom. The van der Waals surface area contributed by atoms with Crippen LogP contribution in [0.3, 0.4) is 0 Å². The van der Waals surface area contributed by atoms with Gasteiger partial charge in [0.05, 0.1) is 18.5 Å². The molecule has 0 unspecified atom stereocenters. The van der Waals surface area contributed by atoms with Gasteiger partial charge in [-0.2, -0.15) is 0 Å². The van der Waals surface area contributed by atoms with E-state index in [4.69, 9.17) is 4.74 Å². The second-order valence-corrected chi connectivity index (χ2v) is 8.77. The van der Waals surface area contributed by atoms with Crippen molar-refractivity contribution in [2.45, 2.75) is 18.9 Å². The number of hydrogen-bond acceptors (Lipinski definition) is 6. The molecule has 4 heterocycles. The van der Waals surface area contributed by atoms with Gasteiger partial charge in [0, 0.05) is 73.8 Å². The number of hydrogen-bond donors (Lipinski definition) is 1. The van der Waals surface area contributed by atoms with Crippen molar-refractivity contribution in [3.63, 3.8) is 0 Å². The quantitative estimate of drug-likeness (QED) is 0.479. The van der Waals surface area contributed by atoms with E-state index in [2.05, 4.69) is 65.9 Å². The average molecular weight is 441 g/mol. The first-order valence-corrected chi connectivity index (χ1v) is 11.6. The number of ether oxygens (including phenoxy) is 1. The highest BCUT2D eigenvalue weighted by atomic mass is 16.5. The summed E-state index contributed by atoms with van der Waals surface area (Å²) in [5.74, 6) is 0.594. The summed E-state index contributed by atoms with van der Waals surface area (Å²) in [5.41, 5.74) is 6.26. The number of fused-ring (bicyclic) bond motifs is 1. The van der Waals surface area contributed by atoms with E-state index in [1.54, 1.807) is 13.3 Å². The molecule has 0 spiro atoms. The Kier molecular flexibility index (Phi) is 5.11. The SMILES string of the molecule is COc1cc(-c2ccc(Nc3ccc(N4CCN(C5CC5)CC4)cc3)c3nccn23)ccn1. The molecule has 1 saturated heterocycles. The summed E-state index contributed by atoms with van der Waals surface area (Å²) in [4.78, 5) is 14.0. The highest BCUT2D eigenvalue weighted by Crippen LogP contribution is 2.31. The molecule has 2 aliphatic rings. The van der Waals surface area contributed by atoms with Crippen molar-refractivity contribution in [3.8, 4) is 17.1 Å². The lowest BCUT2D eigenvalue weighted by atomic mass is 10.1. The zero-order valence-electron chi connectivity index (χ0n) is 18.8. The molecule has 168 valence electrons. The van der Waals surface area contributed by atoms with Gasteiger partial charge in [-0.25, -0.2) is 9.97 Å². The lowest BCUT2D eigenvalue weighted by Gasteiger charge is -2.36. The molecule has 1 aliphatic carbocycles. The Hall–Kier alpha value is -3.58. The fraction of sp³-hybridized carbons (Fsp3) is 0.308. The smallest absolute Gasteiger partial charge is 0.213 e. The highest BCUT2D eigenvalue weighted by molar-refractivity contribution is 5.78. The number of piperazine rings is 1. The first kappa shape index (κ1) is 20.1. The molecule has 1 aliphatic heterocycles. The maximum absolute atomic E-state index is 5.29. The van der Waals surface area contributed by atoms with E-state index in [0.29, 0.717) is 5.88 Å². The molecule has 6 rings (SSSR count). The van der Waals surface area contributed by atoms with Gasteiger partial charge < -0.3 is 15.0 Å². The van der Waals surface area contributed by atoms with E-state index in [0.717, 1.165) is 47.4 Å². The third-order valence-corrected chi connectivity index (χ3v) is 6.68.